The summed E-state index contributed by atoms with van der Waals surface area (Å²) in [5.74, 6) is -0.564. The molecule has 0 aromatic heterocycles. The number of ether oxygens (including phenoxy) is 2. The number of rotatable bonds is 5. The third-order valence-corrected chi connectivity index (χ3v) is 2.29. The molecule has 0 unspecified atom stereocenters. The van der Waals surface area contributed by atoms with Crippen LogP contribution in [0.15, 0.2) is 24.3 Å². The van der Waals surface area contributed by atoms with E-state index in [-0.39, 0.29) is 18.8 Å². The van der Waals surface area contributed by atoms with Gasteiger partial charge in [-0.3, -0.25) is 10.6 Å². The fourth-order valence-corrected chi connectivity index (χ4v) is 1.48. The second-order valence-electron chi connectivity index (χ2n) is 3.68. The van der Waals surface area contributed by atoms with E-state index < -0.39 is 24.2 Å². The van der Waals surface area contributed by atoms with Crippen LogP contribution in [0.2, 0.25) is 0 Å². The van der Waals surface area contributed by atoms with Gasteiger partial charge in [-0.25, -0.2) is 14.0 Å². The van der Waals surface area contributed by atoms with Gasteiger partial charge in [-0.2, -0.15) is 0 Å². The number of alkyl carbamates (subject to hydrolysis) is 2. The van der Waals surface area contributed by atoms with Crippen LogP contribution in [0, 0.1) is 5.82 Å². The lowest BCUT2D eigenvalue weighted by molar-refractivity contribution is 0.134. The second kappa shape index (κ2) is 7.98. The topological polar surface area (TPSA) is 76.7 Å². The number of benzene rings is 1. The normalized spacial score (nSPS) is 10.0. The molecular weight excluding hydrogens is 267 g/mol. The number of amides is 2. The maximum atomic E-state index is 13.7. The van der Waals surface area contributed by atoms with Gasteiger partial charge >= 0.3 is 12.2 Å². The van der Waals surface area contributed by atoms with Gasteiger partial charge < -0.3 is 9.47 Å². The minimum absolute atomic E-state index is 0.105. The first-order valence-corrected chi connectivity index (χ1v) is 6.19. The standard InChI is InChI=1S/C13H17FN2O4/c1-3-19-12(17)15-11(16-13(18)20-4-2)9-7-5-6-8-10(9)14/h5-8,11H,3-4H2,1-2H3,(H,15,17)(H,16,18). The minimum Gasteiger partial charge on any atom is -0.450 e. The van der Waals surface area contributed by atoms with Crippen molar-refractivity contribution in [1.29, 1.82) is 0 Å². The summed E-state index contributed by atoms with van der Waals surface area (Å²) in [4.78, 5) is 22.9. The number of carbonyl (C=O) groups excluding carboxylic acids is 2. The Hall–Kier alpha value is -2.31. The zero-order valence-electron chi connectivity index (χ0n) is 11.3. The van der Waals surface area contributed by atoms with Gasteiger partial charge in [0.05, 0.1) is 13.2 Å². The van der Waals surface area contributed by atoms with Crippen molar-refractivity contribution in [3.63, 3.8) is 0 Å². The van der Waals surface area contributed by atoms with E-state index in [4.69, 9.17) is 9.47 Å². The van der Waals surface area contributed by atoms with Crippen LogP contribution in [0.1, 0.15) is 25.6 Å². The van der Waals surface area contributed by atoms with E-state index in [9.17, 15) is 14.0 Å². The van der Waals surface area contributed by atoms with Crippen molar-refractivity contribution in [2.45, 2.75) is 20.0 Å². The van der Waals surface area contributed by atoms with Gasteiger partial charge in [-0.15, -0.1) is 0 Å². The molecule has 2 amide bonds. The van der Waals surface area contributed by atoms with Gasteiger partial charge in [0.25, 0.3) is 0 Å². The molecule has 2 N–H and O–H groups in total. The largest absolute Gasteiger partial charge is 0.450 e. The Labute approximate surface area is 116 Å². The van der Waals surface area contributed by atoms with E-state index in [1.54, 1.807) is 19.9 Å². The van der Waals surface area contributed by atoms with Crippen molar-refractivity contribution in [2.24, 2.45) is 0 Å². The van der Waals surface area contributed by atoms with E-state index >= 15 is 0 Å². The second-order valence-corrected chi connectivity index (χ2v) is 3.68. The minimum atomic E-state index is -1.07. The molecular formula is C13H17FN2O4. The van der Waals surface area contributed by atoms with Crippen molar-refractivity contribution in [3.8, 4) is 0 Å². The highest BCUT2D eigenvalue weighted by molar-refractivity contribution is 5.71. The maximum absolute atomic E-state index is 13.7. The zero-order chi connectivity index (χ0) is 15.0. The highest BCUT2D eigenvalue weighted by Crippen LogP contribution is 2.15. The molecule has 0 spiro atoms. The van der Waals surface area contributed by atoms with Crippen molar-refractivity contribution in [3.05, 3.63) is 35.6 Å². The molecule has 0 atom stereocenters. The predicted molar refractivity (Wildman–Crippen MR) is 69.5 cm³/mol. The molecule has 0 radical (unpaired) electrons. The zero-order valence-corrected chi connectivity index (χ0v) is 11.3. The summed E-state index contributed by atoms with van der Waals surface area (Å²) < 4.78 is 23.1. The Morgan fingerprint density at radius 3 is 2.05 bits per heavy atom. The lowest BCUT2D eigenvalue weighted by Gasteiger charge is -2.20. The molecule has 0 bridgehead atoms. The lowest BCUT2D eigenvalue weighted by Crippen LogP contribution is -2.42. The number of hydrogen-bond acceptors (Lipinski definition) is 4. The Morgan fingerprint density at radius 1 is 1.10 bits per heavy atom. The van der Waals surface area contributed by atoms with E-state index in [0.717, 1.165) is 0 Å². The maximum Gasteiger partial charge on any atom is 0.409 e. The predicted octanol–water partition coefficient (Wildman–Crippen LogP) is 2.32. The first-order valence-electron chi connectivity index (χ1n) is 6.19. The molecule has 20 heavy (non-hydrogen) atoms. The summed E-state index contributed by atoms with van der Waals surface area (Å²) in [6, 6.07) is 5.76. The summed E-state index contributed by atoms with van der Waals surface area (Å²) in [5, 5.41) is 4.70. The van der Waals surface area contributed by atoms with Crippen LogP contribution in [-0.2, 0) is 9.47 Å². The Balaban J connectivity index is 2.86. The first kappa shape index (κ1) is 15.7. The summed E-state index contributed by atoms with van der Waals surface area (Å²) in [6.07, 6.45) is -2.61. The van der Waals surface area contributed by atoms with Gasteiger partial charge in [0.2, 0.25) is 0 Å². The van der Waals surface area contributed by atoms with Crippen LogP contribution in [0.3, 0.4) is 0 Å². The monoisotopic (exact) mass is 284 g/mol. The smallest absolute Gasteiger partial charge is 0.409 e. The molecule has 0 aliphatic rings. The van der Waals surface area contributed by atoms with Crippen LogP contribution >= 0.6 is 0 Å². The molecule has 1 aromatic rings. The number of halogens is 1. The highest BCUT2D eigenvalue weighted by atomic mass is 19.1. The molecule has 1 rings (SSSR count). The van der Waals surface area contributed by atoms with Crippen LogP contribution in [0.25, 0.3) is 0 Å². The third kappa shape index (κ3) is 4.75. The van der Waals surface area contributed by atoms with Gasteiger partial charge in [0, 0.05) is 5.56 Å². The molecule has 0 aliphatic heterocycles. The average molecular weight is 284 g/mol. The van der Waals surface area contributed by atoms with Crippen LogP contribution in [0.4, 0.5) is 14.0 Å². The molecule has 7 heteroatoms. The van der Waals surface area contributed by atoms with Crippen molar-refractivity contribution < 1.29 is 23.5 Å². The quantitative estimate of drug-likeness (QED) is 0.813. The molecule has 0 aliphatic carbocycles. The summed E-state index contributed by atoms with van der Waals surface area (Å²) in [5.41, 5.74) is 0.105. The SMILES string of the molecule is CCOC(=O)NC(NC(=O)OCC)c1ccccc1F. The van der Waals surface area contributed by atoms with Gasteiger partial charge in [-0.1, -0.05) is 18.2 Å². The van der Waals surface area contributed by atoms with Gasteiger partial charge in [-0.05, 0) is 19.9 Å². The summed E-state index contributed by atoms with van der Waals surface area (Å²) >= 11 is 0. The molecule has 0 saturated carbocycles. The first-order chi connectivity index (χ1) is 9.58. The number of carbonyl (C=O) groups is 2. The lowest BCUT2D eigenvalue weighted by atomic mass is 10.1. The van der Waals surface area contributed by atoms with E-state index in [1.807, 2.05) is 0 Å². The van der Waals surface area contributed by atoms with Crippen LogP contribution in [0.5, 0.6) is 0 Å². The molecule has 1 aromatic carbocycles. The molecule has 6 nitrogen and oxygen atoms in total. The Kier molecular flexibility index (Phi) is 6.28. The van der Waals surface area contributed by atoms with Crippen molar-refractivity contribution in [2.75, 3.05) is 13.2 Å². The fourth-order valence-electron chi connectivity index (χ4n) is 1.48. The number of hydrogen-bond donors (Lipinski definition) is 2. The Morgan fingerprint density at radius 2 is 1.60 bits per heavy atom. The molecule has 110 valence electrons. The van der Waals surface area contributed by atoms with Crippen LogP contribution in [-0.4, -0.2) is 25.4 Å². The van der Waals surface area contributed by atoms with Crippen molar-refractivity contribution >= 4 is 12.2 Å². The summed E-state index contributed by atoms with van der Waals surface area (Å²) in [7, 11) is 0. The highest BCUT2D eigenvalue weighted by Gasteiger charge is 2.21. The van der Waals surface area contributed by atoms with Gasteiger partial charge in [0.1, 0.15) is 12.0 Å². The summed E-state index contributed by atoms with van der Waals surface area (Å²) in [6.45, 7) is 3.59. The van der Waals surface area contributed by atoms with Gasteiger partial charge in [0.15, 0.2) is 0 Å². The average Bonchev–Trinajstić information content (AvgIpc) is 2.39. The molecule has 0 fully saturated rings. The fraction of sp³-hybridized carbons (Fsp3) is 0.385. The van der Waals surface area contributed by atoms with E-state index in [2.05, 4.69) is 10.6 Å². The Bertz CT molecular complexity index is 447. The van der Waals surface area contributed by atoms with Crippen LogP contribution < -0.4 is 10.6 Å². The molecule has 0 saturated heterocycles. The van der Waals surface area contributed by atoms with E-state index in [1.165, 1.54) is 18.2 Å². The van der Waals surface area contributed by atoms with E-state index in [0.29, 0.717) is 0 Å². The van der Waals surface area contributed by atoms with Crippen molar-refractivity contribution in [1.82, 2.24) is 10.6 Å². The molecule has 0 heterocycles. The number of nitrogens with one attached hydrogen (secondary N) is 2. The third-order valence-electron chi connectivity index (χ3n) is 2.29.